The van der Waals surface area contributed by atoms with Crippen LogP contribution in [-0.2, 0) is 6.54 Å². The molecule has 2 aromatic carbocycles. The third-order valence-electron chi connectivity index (χ3n) is 5.00. The summed E-state index contributed by atoms with van der Waals surface area (Å²) in [5.41, 5.74) is 1.20. The molecule has 3 rings (SSSR count). The summed E-state index contributed by atoms with van der Waals surface area (Å²) in [6.07, 6.45) is 0. The van der Waals surface area contributed by atoms with Crippen molar-refractivity contribution in [3.8, 4) is 11.9 Å². The molecule has 0 unspecified atom stereocenters. The summed E-state index contributed by atoms with van der Waals surface area (Å²) in [4.78, 5) is 23.9. The molecule has 0 amide bonds. The molecule has 0 atom stereocenters. The van der Waals surface area contributed by atoms with Gasteiger partial charge in [0.2, 0.25) is 5.88 Å². The van der Waals surface area contributed by atoms with Crippen LogP contribution in [0.5, 0.6) is 5.88 Å². The number of aromatic hydroxyl groups is 1. The molecule has 0 saturated heterocycles. The monoisotopic (exact) mass is 417 g/mol. The van der Waals surface area contributed by atoms with Gasteiger partial charge in [0.1, 0.15) is 11.6 Å². The van der Waals surface area contributed by atoms with Crippen LogP contribution >= 0.6 is 0 Å². The summed E-state index contributed by atoms with van der Waals surface area (Å²) in [5, 5.41) is 39.3. The first-order valence-corrected chi connectivity index (χ1v) is 9.32. The molecule has 1 aromatic heterocycles. The lowest BCUT2D eigenvalue weighted by Gasteiger charge is -2.13. The van der Waals surface area contributed by atoms with E-state index in [-0.39, 0.29) is 34.7 Å². The van der Waals surface area contributed by atoms with Gasteiger partial charge in [0.25, 0.3) is 11.2 Å². The van der Waals surface area contributed by atoms with Gasteiger partial charge < -0.3 is 5.11 Å². The lowest BCUT2D eigenvalue weighted by atomic mass is 10.1. The number of hydrogen-bond donors (Lipinski definition) is 1. The fraction of sp³-hybridized carbons (Fsp3) is 0.182. The van der Waals surface area contributed by atoms with Crippen molar-refractivity contribution in [2.75, 3.05) is 0 Å². The number of aryl methyl sites for hydroxylation is 2. The van der Waals surface area contributed by atoms with E-state index in [2.05, 4.69) is 10.2 Å². The highest BCUT2D eigenvalue weighted by molar-refractivity contribution is 5.61. The summed E-state index contributed by atoms with van der Waals surface area (Å²) in [6, 6.07) is 13.7. The Hall–Kier alpha value is -4.32. The number of benzene rings is 2. The molecule has 1 N–H and O–H groups in total. The summed E-state index contributed by atoms with van der Waals surface area (Å²) in [5.74, 6) is -0.468. The third kappa shape index (κ3) is 4.18. The van der Waals surface area contributed by atoms with E-state index >= 15 is 0 Å². The molecule has 0 spiro atoms. The molecule has 0 bridgehead atoms. The first kappa shape index (κ1) is 21.4. The summed E-state index contributed by atoms with van der Waals surface area (Å²) in [7, 11) is 0. The molecule has 9 nitrogen and oxygen atoms in total. The molecular weight excluding hydrogens is 398 g/mol. The van der Waals surface area contributed by atoms with E-state index in [0.717, 1.165) is 21.3 Å². The number of hydrogen-bond acceptors (Lipinski definition) is 7. The Kier molecular flexibility index (Phi) is 5.93. The molecule has 3 aromatic rings. The molecule has 0 radical (unpaired) electrons. The molecule has 0 fully saturated rings. The number of rotatable bonds is 5. The van der Waals surface area contributed by atoms with Crippen LogP contribution in [0.25, 0.3) is 0 Å². The van der Waals surface area contributed by atoms with Crippen molar-refractivity contribution in [3.63, 3.8) is 0 Å². The van der Waals surface area contributed by atoms with E-state index in [9.17, 15) is 25.3 Å². The van der Waals surface area contributed by atoms with E-state index in [1.165, 1.54) is 19.1 Å². The Morgan fingerprint density at radius 3 is 2.39 bits per heavy atom. The highest BCUT2D eigenvalue weighted by Gasteiger charge is 2.20. The van der Waals surface area contributed by atoms with Crippen molar-refractivity contribution in [2.24, 2.45) is 10.2 Å². The van der Waals surface area contributed by atoms with Crippen molar-refractivity contribution >= 4 is 17.1 Å². The number of nitro groups is 1. The number of pyridine rings is 1. The second kappa shape index (κ2) is 8.59. The SMILES string of the molecule is Cc1cc(N=Nc2c(C)c(C#N)c(O)n(Cc3ccccc3)c2=O)c([N+](=O)[O-])cc1C. The maximum absolute atomic E-state index is 13.1. The zero-order valence-electron chi connectivity index (χ0n) is 17.2. The van der Waals surface area contributed by atoms with Gasteiger partial charge in [-0.05, 0) is 43.5 Å². The van der Waals surface area contributed by atoms with Crippen LogP contribution in [0.2, 0.25) is 0 Å². The number of nitriles is 1. The predicted octanol–water partition coefficient (Wildman–Crippen LogP) is 4.72. The maximum atomic E-state index is 13.1. The van der Waals surface area contributed by atoms with Gasteiger partial charge in [-0.3, -0.25) is 19.5 Å². The van der Waals surface area contributed by atoms with Crippen LogP contribution in [0.1, 0.15) is 27.8 Å². The van der Waals surface area contributed by atoms with Gasteiger partial charge in [-0.25, -0.2) is 0 Å². The summed E-state index contributed by atoms with van der Waals surface area (Å²) < 4.78 is 1.03. The maximum Gasteiger partial charge on any atom is 0.297 e. The topological polar surface area (TPSA) is 134 Å². The van der Waals surface area contributed by atoms with Gasteiger partial charge in [-0.15, -0.1) is 10.2 Å². The van der Waals surface area contributed by atoms with Crippen molar-refractivity contribution in [2.45, 2.75) is 27.3 Å². The van der Waals surface area contributed by atoms with Gasteiger partial charge in [0, 0.05) is 11.6 Å². The minimum atomic E-state index is -0.659. The van der Waals surface area contributed by atoms with Gasteiger partial charge in [0.15, 0.2) is 11.4 Å². The smallest absolute Gasteiger partial charge is 0.297 e. The Morgan fingerprint density at radius 1 is 1.13 bits per heavy atom. The minimum Gasteiger partial charge on any atom is -0.493 e. The van der Waals surface area contributed by atoms with E-state index in [0.29, 0.717) is 0 Å². The first-order chi connectivity index (χ1) is 14.7. The average molecular weight is 417 g/mol. The largest absolute Gasteiger partial charge is 0.493 e. The second-order valence-electron chi connectivity index (χ2n) is 7.04. The normalized spacial score (nSPS) is 10.9. The number of azo groups is 1. The zero-order chi connectivity index (χ0) is 22.7. The predicted molar refractivity (Wildman–Crippen MR) is 114 cm³/mol. The fourth-order valence-electron chi connectivity index (χ4n) is 3.09. The number of aromatic nitrogens is 1. The molecule has 156 valence electrons. The first-order valence-electron chi connectivity index (χ1n) is 9.32. The zero-order valence-corrected chi connectivity index (χ0v) is 17.2. The van der Waals surface area contributed by atoms with Gasteiger partial charge in [0.05, 0.1) is 11.5 Å². The third-order valence-corrected chi connectivity index (χ3v) is 5.00. The highest BCUT2D eigenvalue weighted by atomic mass is 16.6. The molecule has 0 aliphatic rings. The molecule has 31 heavy (non-hydrogen) atoms. The van der Waals surface area contributed by atoms with Crippen molar-refractivity contribution in [1.29, 1.82) is 5.26 Å². The van der Waals surface area contributed by atoms with Crippen LogP contribution in [0.4, 0.5) is 17.1 Å². The lowest BCUT2D eigenvalue weighted by Crippen LogP contribution is -2.22. The average Bonchev–Trinajstić information content (AvgIpc) is 2.74. The standard InChI is InChI=1S/C22H19N5O4/c1-13-9-18(19(27(30)31)10-14(13)2)24-25-20-15(3)17(11-23)21(28)26(22(20)29)12-16-7-5-4-6-8-16/h4-10,28H,12H2,1-3H3. The van der Waals surface area contributed by atoms with Crippen LogP contribution in [0.15, 0.2) is 57.5 Å². The fourth-order valence-corrected chi connectivity index (χ4v) is 3.09. The highest BCUT2D eigenvalue weighted by Crippen LogP contribution is 2.33. The lowest BCUT2D eigenvalue weighted by molar-refractivity contribution is -0.384. The molecular formula is C22H19N5O4. The molecule has 0 aliphatic carbocycles. The second-order valence-corrected chi connectivity index (χ2v) is 7.04. The van der Waals surface area contributed by atoms with E-state index < -0.39 is 16.4 Å². The Morgan fingerprint density at radius 2 is 1.77 bits per heavy atom. The van der Waals surface area contributed by atoms with Crippen LogP contribution in [-0.4, -0.2) is 14.6 Å². The van der Waals surface area contributed by atoms with E-state index in [4.69, 9.17) is 0 Å². The Balaban J connectivity index is 2.18. The van der Waals surface area contributed by atoms with Gasteiger partial charge in [-0.2, -0.15) is 5.26 Å². The quantitative estimate of drug-likeness (QED) is 0.364. The van der Waals surface area contributed by atoms with Gasteiger partial charge in [-0.1, -0.05) is 30.3 Å². The molecule has 9 heteroatoms. The van der Waals surface area contributed by atoms with Crippen molar-refractivity contribution in [1.82, 2.24) is 4.57 Å². The van der Waals surface area contributed by atoms with Crippen molar-refractivity contribution < 1.29 is 10.0 Å². The van der Waals surface area contributed by atoms with E-state index in [1.807, 2.05) is 12.1 Å². The van der Waals surface area contributed by atoms with Crippen LogP contribution < -0.4 is 5.56 Å². The van der Waals surface area contributed by atoms with Crippen LogP contribution in [0.3, 0.4) is 0 Å². The van der Waals surface area contributed by atoms with Gasteiger partial charge >= 0.3 is 0 Å². The minimum absolute atomic E-state index is 0.00640. The molecule has 0 saturated carbocycles. The Labute approximate surface area is 177 Å². The van der Waals surface area contributed by atoms with E-state index in [1.54, 1.807) is 38.1 Å². The number of nitro benzene ring substituents is 1. The molecule has 0 aliphatic heterocycles. The summed E-state index contributed by atoms with van der Waals surface area (Å²) in [6.45, 7) is 5.02. The number of nitrogens with zero attached hydrogens (tertiary/aromatic N) is 5. The van der Waals surface area contributed by atoms with Crippen molar-refractivity contribution in [3.05, 3.63) is 90.7 Å². The molecule has 1 heterocycles. The van der Waals surface area contributed by atoms with Crippen LogP contribution in [0, 0.1) is 42.2 Å². The summed E-state index contributed by atoms with van der Waals surface area (Å²) >= 11 is 0. The Bertz CT molecular complexity index is 1300.